The predicted octanol–water partition coefficient (Wildman–Crippen LogP) is 2.29. The molecular formula is C15H13N3O2. The van der Waals surface area contributed by atoms with Crippen molar-refractivity contribution in [1.29, 1.82) is 5.26 Å². The van der Waals surface area contributed by atoms with Crippen molar-refractivity contribution in [2.75, 3.05) is 11.9 Å². The number of hydrogen-bond acceptors (Lipinski definition) is 4. The molecule has 0 saturated heterocycles. The zero-order valence-corrected chi connectivity index (χ0v) is 10.9. The number of aromatic nitrogens is 1. The fourth-order valence-electron chi connectivity index (χ4n) is 1.83. The maximum absolute atomic E-state index is 10.8. The van der Waals surface area contributed by atoms with Crippen molar-refractivity contribution in [2.45, 2.75) is 6.54 Å². The molecule has 0 saturated carbocycles. The molecule has 1 N–H and O–H groups in total. The third-order valence-corrected chi connectivity index (χ3v) is 2.86. The molecule has 5 nitrogen and oxygen atoms in total. The Morgan fingerprint density at radius 3 is 2.80 bits per heavy atom. The lowest BCUT2D eigenvalue weighted by atomic mass is 10.1. The van der Waals surface area contributed by atoms with Crippen LogP contribution in [0, 0.1) is 11.3 Å². The molecule has 0 bridgehead atoms. The molecule has 2 aromatic rings. The van der Waals surface area contributed by atoms with E-state index in [-0.39, 0.29) is 5.56 Å². The van der Waals surface area contributed by atoms with Crippen molar-refractivity contribution in [1.82, 2.24) is 4.98 Å². The molecule has 1 aromatic carbocycles. The largest absolute Gasteiger partial charge is 0.478 e. The van der Waals surface area contributed by atoms with Gasteiger partial charge in [0, 0.05) is 19.8 Å². The van der Waals surface area contributed by atoms with Crippen LogP contribution in [0.3, 0.4) is 0 Å². The van der Waals surface area contributed by atoms with Gasteiger partial charge in [0.05, 0.1) is 17.2 Å². The molecular weight excluding hydrogens is 254 g/mol. The molecule has 1 aromatic heterocycles. The number of anilines is 1. The van der Waals surface area contributed by atoms with Gasteiger partial charge in [-0.3, -0.25) is 0 Å². The van der Waals surface area contributed by atoms with Gasteiger partial charge in [-0.2, -0.15) is 5.26 Å². The minimum Gasteiger partial charge on any atom is -0.478 e. The Kier molecular flexibility index (Phi) is 3.96. The predicted molar refractivity (Wildman–Crippen MR) is 74.5 cm³/mol. The average Bonchev–Trinajstić information content (AvgIpc) is 2.47. The van der Waals surface area contributed by atoms with Gasteiger partial charge in [0.2, 0.25) is 0 Å². The summed E-state index contributed by atoms with van der Waals surface area (Å²) in [7, 11) is 1.86. The number of nitriles is 1. The topological polar surface area (TPSA) is 77.2 Å². The quantitative estimate of drug-likeness (QED) is 0.919. The van der Waals surface area contributed by atoms with Crippen molar-refractivity contribution in [2.24, 2.45) is 0 Å². The first-order chi connectivity index (χ1) is 9.60. The van der Waals surface area contributed by atoms with Gasteiger partial charge in [-0.25, -0.2) is 9.78 Å². The van der Waals surface area contributed by atoms with Crippen LogP contribution in [0.1, 0.15) is 21.5 Å². The molecule has 0 radical (unpaired) electrons. The van der Waals surface area contributed by atoms with Crippen LogP contribution in [0.4, 0.5) is 5.82 Å². The number of pyridine rings is 1. The Labute approximate surface area is 116 Å². The number of carbonyl (C=O) groups is 1. The third-order valence-electron chi connectivity index (χ3n) is 2.86. The molecule has 0 amide bonds. The summed E-state index contributed by atoms with van der Waals surface area (Å²) in [6.45, 7) is 0.592. The molecule has 0 aliphatic heterocycles. The molecule has 0 fully saturated rings. The van der Waals surface area contributed by atoms with Crippen molar-refractivity contribution >= 4 is 11.8 Å². The number of nitrogens with zero attached hydrogens (tertiary/aromatic N) is 3. The second-order valence-corrected chi connectivity index (χ2v) is 4.38. The minimum atomic E-state index is -0.992. The highest BCUT2D eigenvalue weighted by Gasteiger charge is 2.07. The molecule has 100 valence electrons. The van der Waals surface area contributed by atoms with E-state index in [1.807, 2.05) is 30.1 Å². The van der Waals surface area contributed by atoms with Gasteiger partial charge in [0.15, 0.2) is 0 Å². The lowest BCUT2D eigenvalue weighted by Crippen LogP contribution is -2.17. The second kappa shape index (κ2) is 5.85. The summed E-state index contributed by atoms with van der Waals surface area (Å²) in [5.74, 6) is -0.314. The standard InChI is InChI=1S/C15H13N3O2/c1-18(10-12-4-2-3-11(7-12)8-16)14-6-5-13(9-17-14)15(19)20/h2-7,9H,10H2,1H3,(H,19,20). The van der Waals surface area contributed by atoms with Gasteiger partial charge in [0.1, 0.15) is 5.82 Å². The number of hydrogen-bond donors (Lipinski definition) is 1. The Morgan fingerprint density at radius 1 is 1.40 bits per heavy atom. The summed E-state index contributed by atoms with van der Waals surface area (Å²) in [4.78, 5) is 16.8. The first-order valence-electron chi connectivity index (χ1n) is 5.99. The van der Waals surface area contributed by atoms with Crippen LogP contribution in [0.15, 0.2) is 42.6 Å². The van der Waals surface area contributed by atoms with E-state index in [1.54, 1.807) is 12.1 Å². The van der Waals surface area contributed by atoms with E-state index in [9.17, 15) is 4.79 Å². The highest BCUT2D eigenvalue weighted by molar-refractivity contribution is 5.87. The molecule has 2 rings (SSSR count). The Bertz CT molecular complexity index is 660. The van der Waals surface area contributed by atoms with E-state index in [0.29, 0.717) is 17.9 Å². The van der Waals surface area contributed by atoms with Gasteiger partial charge in [-0.05, 0) is 29.8 Å². The van der Waals surface area contributed by atoms with Crippen LogP contribution in [0.2, 0.25) is 0 Å². The number of aromatic carboxylic acids is 1. The van der Waals surface area contributed by atoms with E-state index in [4.69, 9.17) is 10.4 Å². The molecule has 0 aliphatic rings. The molecule has 0 spiro atoms. The van der Waals surface area contributed by atoms with E-state index >= 15 is 0 Å². The zero-order valence-electron chi connectivity index (χ0n) is 10.9. The van der Waals surface area contributed by atoms with Crippen LogP contribution in [-0.4, -0.2) is 23.1 Å². The maximum Gasteiger partial charge on any atom is 0.337 e. The first-order valence-corrected chi connectivity index (χ1v) is 5.99. The summed E-state index contributed by atoms with van der Waals surface area (Å²) in [6, 6.07) is 12.6. The van der Waals surface area contributed by atoms with Crippen molar-refractivity contribution in [3.05, 3.63) is 59.3 Å². The van der Waals surface area contributed by atoms with Crippen LogP contribution in [-0.2, 0) is 6.54 Å². The summed E-state index contributed by atoms with van der Waals surface area (Å²) in [5.41, 5.74) is 1.77. The molecule has 0 atom stereocenters. The summed E-state index contributed by atoms with van der Waals surface area (Å²) in [6.07, 6.45) is 1.33. The van der Waals surface area contributed by atoms with Crippen molar-refractivity contribution in [3.8, 4) is 6.07 Å². The van der Waals surface area contributed by atoms with Crippen LogP contribution < -0.4 is 4.90 Å². The van der Waals surface area contributed by atoms with Crippen LogP contribution >= 0.6 is 0 Å². The van der Waals surface area contributed by atoms with E-state index in [1.165, 1.54) is 12.3 Å². The van der Waals surface area contributed by atoms with Gasteiger partial charge in [-0.1, -0.05) is 12.1 Å². The molecule has 0 aliphatic carbocycles. The highest BCUT2D eigenvalue weighted by Crippen LogP contribution is 2.14. The van der Waals surface area contributed by atoms with Crippen molar-refractivity contribution < 1.29 is 9.90 Å². The van der Waals surface area contributed by atoms with E-state index < -0.39 is 5.97 Å². The van der Waals surface area contributed by atoms with Crippen molar-refractivity contribution in [3.63, 3.8) is 0 Å². The number of benzene rings is 1. The molecule has 0 unspecified atom stereocenters. The molecule has 5 heteroatoms. The summed E-state index contributed by atoms with van der Waals surface area (Å²) >= 11 is 0. The summed E-state index contributed by atoms with van der Waals surface area (Å²) < 4.78 is 0. The second-order valence-electron chi connectivity index (χ2n) is 4.38. The van der Waals surface area contributed by atoms with Gasteiger partial charge < -0.3 is 10.0 Å². The monoisotopic (exact) mass is 267 g/mol. The normalized spacial score (nSPS) is 9.80. The van der Waals surface area contributed by atoms with Gasteiger partial charge in [-0.15, -0.1) is 0 Å². The average molecular weight is 267 g/mol. The Balaban J connectivity index is 2.13. The van der Waals surface area contributed by atoms with Gasteiger partial charge in [0.25, 0.3) is 0 Å². The zero-order chi connectivity index (χ0) is 14.5. The summed E-state index contributed by atoms with van der Waals surface area (Å²) in [5, 5.41) is 17.7. The van der Waals surface area contributed by atoms with E-state index in [2.05, 4.69) is 11.1 Å². The van der Waals surface area contributed by atoms with E-state index in [0.717, 1.165) is 5.56 Å². The minimum absolute atomic E-state index is 0.161. The lowest BCUT2D eigenvalue weighted by Gasteiger charge is -2.18. The molecule has 1 heterocycles. The number of carboxylic acid groups (broad SMARTS) is 1. The number of rotatable bonds is 4. The first kappa shape index (κ1) is 13.6. The highest BCUT2D eigenvalue weighted by atomic mass is 16.4. The van der Waals surface area contributed by atoms with Crippen LogP contribution in [0.25, 0.3) is 0 Å². The SMILES string of the molecule is CN(Cc1cccc(C#N)c1)c1ccc(C(=O)O)cn1. The lowest BCUT2D eigenvalue weighted by molar-refractivity contribution is 0.0696. The fraction of sp³-hybridized carbons (Fsp3) is 0.133. The van der Waals surface area contributed by atoms with Gasteiger partial charge >= 0.3 is 5.97 Å². The smallest absolute Gasteiger partial charge is 0.337 e. The Hall–Kier alpha value is -2.87. The maximum atomic E-state index is 10.8. The molecule has 20 heavy (non-hydrogen) atoms. The van der Waals surface area contributed by atoms with Crippen LogP contribution in [0.5, 0.6) is 0 Å². The number of carboxylic acids is 1. The fourth-order valence-corrected chi connectivity index (χ4v) is 1.83. The Morgan fingerprint density at radius 2 is 2.20 bits per heavy atom. The third kappa shape index (κ3) is 3.12.